The van der Waals surface area contributed by atoms with Gasteiger partial charge in [-0.05, 0) is 70.4 Å². The molecule has 0 aromatic heterocycles. The Hall–Kier alpha value is -0.390. The Kier molecular flexibility index (Phi) is 6.05. The standard InChI is InChI=1S/C17H19BrIN/c1-3-12-6-5-7-13(10-12)17(20-4-2)15-11-14(18)8-9-16(15)19/h5-11,17,20H,3-4H2,1-2H3. The minimum atomic E-state index is 0.246. The van der Waals surface area contributed by atoms with E-state index in [0.29, 0.717) is 0 Å². The van der Waals surface area contributed by atoms with Crippen LogP contribution in [0.4, 0.5) is 0 Å². The number of nitrogens with one attached hydrogen (secondary N) is 1. The fourth-order valence-electron chi connectivity index (χ4n) is 2.34. The second-order valence-corrected chi connectivity index (χ2v) is 6.83. The second kappa shape index (κ2) is 7.57. The molecule has 20 heavy (non-hydrogen) atoms. The van der Waals surface area contributed by atoms with Gasteiger partial charge in [-0.1, -0.05) is 54.0 Å². The van der Waals surface area contributed by atoms with Crippen LogP contribution in [0.25, 0.3) is 0 Å². The lowest BCUT2D eigenvalue weighted by molar-refractivity contribution is 0.627. The lowest BCUT2D eigenvalue weighted by Crippen LogP contribution is -2.23. The zero-order valence-corrected chi connectivity index (χ0v) is 15.5. The smallest absolute Gasteiger partial charge is 0.0587 e. The molecule has 0 heterocycles. The lowest BCUT2D eigenvalue weighted by atomic mass is 9.96. The van der Waals surface area contributed by atoms with Crippen molar-refractivity contribution in [3.8, 4) is 0 Å². The minimum absolute atomic E-state index is 0.246. The highest BCUT2D eigenvalue weighted by Gasteiger charge is 2.16. The van der Waals surface area contributed by atoms with Crippen LogP contribution in [-0.2, 0) is 6.42 Å². The highest BCUT2D eigenvalue weighted by Crippen LogP contribution is 2.29. The maximum absolute atomic E-state index is 3.61. The summed E-state index contributed by atoms with van der Waals surface area (Å²) in [6, 6.07) is 15.6. The molecule has 106 valence electrons. The third-order valence-electron chi connectivity index (χ3n) is 3.37. The quantitative estimate of drug-likeness (QED) is 0.617. The number of hydrogen-bond acceptors (Lipinski definition) is 1. The molecule has 3 heteroatoms. The SMILES string of the molecule is CCNC(c1cccc(CC)c1)c1cc(Br)ccc1I. The van der Waals surface area contributed by atoms with Crippen LogP contribution in [0, 0.1) is 3.57 Å². The first kappa shape index (κ1) is 16.0. The van der Waals surface area contributed by atoms with Gasteiger partial charge in [-0.25, -0.2) is 0 Å². The van der Waals surface area contributed by atoms with Crippen LogP contribution in [0.5, 0.6) is 0 Å². The van der Waals surface area contributed by atoms with Crippen molar-refractivity contribution in [1.29, 1.82) is 0 Å². The maximum Gasteiger partial charge on any atom is 0.0587 e. The molecular formula is C17H19BrIN. The molecule has 1 unspecified atom stereocenters. The Morgan fingerprint density at radius 2 is 1.95 bits per heavy atom. The van der Waals surface area contributed by atoms with Crippen LogP contribution in [0.1, 0.15) is 36.6 Å². The van der Waals surface area contributed by atoms with E-state index in [1.165, 1.54) is 20.3 Å². The third kappa shape index (κ3) is 3.83. The fourth-order valence-corrected chi connectivity index (χ4v) is 3.37. The van der Waals surface area contributed by atoms with Crippen molar-refractivity contribution in [3.63, 3.8) is 0 Å². The summed E-state index contributed by atoms with van der Waals surface area (Å²) in [4.78, 5) is 0. The Bertz CT molecular complexity index is 583. The molecule has 0 spiro atoms. The molecule has 0 aliphatic carbocycles. The number of benzene rings is 2. The molecule has 2 aromatic carbocycles. The topological polar surface area (TPSA) is 12.0 Å². The molecule has 0 fully saturated rings. The zero-order chi connectivity index (χ0) is 14.5. The van der Waals surface area contributed by atoms with Crippen LogP contribution in [0.15, 0.2) is 46.9 Å². The minimum Gasteiger partial charge on any atom is -0.306 e. The molecule has 2 aromatic rings. The van der Waals surface area contributed by atoms with Gasteiger partial charge in [-0.15, -0.1) is 0 Å². The van der Waals surface area contributed by atoms with Crippen LogP contribution >= 0.6 is 38.5 Å². The van der Waals surface area contributed by atoms with Gasteiger partial charge < -0.3 is 5.32 Å². The summed E-state index contributed by atoms with van der Waals surface area (Å²) in [7, 11) is 0. The summed E-state index contributed by atoms with van der Waals surface area (Å²) < 4.78 is 2.42. The Labute approximate surface area is 143 Å². The Balaban J connectivity index is 2.46. The van der Waals surface area contributed by atoms with Gasteiger partial charge in [0.25, 0.3) is 0 Å². The zero-order valence-electron chi connectivity index (χ0n) is 11.8. The molecular weight excluding hydrogens is 425 g/mol. The number of aryl methyl sites for hydroxylation is 1. The van der Waals surface area contributed by atoms with Crippen molar-refractivity contribution in [1.82, 2.24) is 5.32 Å². The van der Waals surface area contributed by atoms with E-state index in [1.54, 1.807) is 0 Å². The third-order valence-corrected chi connectivity index (χ3v) is 4.85. The average Bonchev–Trinajstić information content (AvgIpc) is 2.47. The number of rotatable bonds is 5. The molecule has 1 atom stereocenters. The van der Waals surface area contributed by atoms with Crippen LogP contribution in [-0.4, -0.2) is 6.54 Å². The van der Waals surface area contributed by atoms with Crippen molar-refractivity contribution in [2.24, 2.45) is 0 Å². The molecule has 1 nitrogen and oxygen atoms in total. The van der Waals surface area contributed by atoms with Gasteiger partial charge in [-0.2, -0.15) is 0 Å². The van der Waals surface area contributed by atoms with Crippen molar-refractivity contribution >= 4 is 38.5 Å². The summed E-state index contributed by atoms with van der Waals surface area (Å²) in [5.74, 6) is 0. The molecule has 0 saturated heterocycles. The summed E-state index contributed by atoms with van der Waals surface area (Å²) in [5.41, 5.74) is 4.05. The first-order valence-electron chi connectivity index (χ1n) is 6.92. The predicted octanol–water partition coefficient (Wildman–Crippen LogP) is 5.32. The Morgan fingerprint density at radius 3 is 2.65 bits per heavy atom. The van der Waals surface area contributed by atoms with E-state index < -0.39 is 0 Å². The molecule has 0 aliphatic rings. The normalized spacial score (nSPS) is 12.4. The molecule has 0 amide bonds. The lowest BCUT2D eigenvalue weighted by Gasteiger charge is -2.21. The van der Waals surface area contributed by atoms with E-state index in [2.05, 4.69) is 100 Å². The molecule has 0 aliphatic heterocycles. The summed E-state index contributed by atoms with van der Waals surface area (Å²) >= 11 is 6.00. The first-order valence-corrected chi connectivity index (χ1v) is 8.80. The predicted molar refractivity (Wildman–Crippen MR) is 98.2 cm³/mol. The summed E-state index contributed by atoms with van der Waals surface area (Å²) in [6.45, 7) is 5.30. The highest BCUT2D eigenvalue weighted by atomic mass is 127. The van der Waals surface area contributed by atoms with Gasteiger partial charge in [-0.3, -0.25) is 0 Å². The van der Waals surface area contributed by atoms with E-state index in [9.17, 15) is 0 Å². The molecule has 2 rings (SSSR count). The highest BCUT2D eigenvalue weighted by molar-refractivity contribution is 14.1. The van der Waals surface area contributed by atoms with Crippen molar-refractivity contribution in [2.75, 3.05) is 6.54 Å². The maximum atomic E-state index is 3.61. The van der Waals surface area contributed by atoms with Crippen LogP contribution in [0.3, 0.4) is 0 Å². The van der Waals surface area contributed by atoms with Crippen molar-refractivity contribution < 1.29 is 0 Å². The van der Waals surface area contributed by atoms with Crippen LogP contribution < -0.4 is 5.32 Å². The monoisotopic (exact) mass is 443 g/mol. The fraction of sp³-hybridized carbons (Fsp3) is 0.294. The average molecular weight is 444 g/mol. The number of halogens is 2. The molecule has 1 N–H and O–H groups in total. The van der Waals surface area contributed by atoms with Crippen molar-refractivity contribution in [3.05, 3.63) is 67.2 Å². The molecule has 0 bridgehead atoms. The van der Waals surface area contributed by atoms with Crippen molar-refractivity contribution in [2.45, 2.75) is 26.3 Å². The van der Waals surface area contributed by atoms with E-state index in [-0.39, 0.29) is 6.04 Å². The van der Waals surface area contributed by atoms with Gasteiger partial charge >= 0.3 is 0 Å². The van der Waals surface area contributed by atoms with Crippen LogP contribution in [0.2, 0.25) is 0 Å². The Morgan fingerprint density at radius 1 is 1.15 bits per heavy atom. The van der Waals surface area contributed by atoms with E-state index in [0.717, 1.165) is 17.4 Å². The molecule has 0 saturated carbocycles. The van der Waals surface area contributed by atoms with E-state index in [1.807, 2.05) is 0 Å². The van der Waals surface area contributed by atoms with Gasteiger partial charge in [0.05, 0.1) is 6.04 Å². The molecule has 0 radical (unpaired) electrons. The van der Waals surface area contributed by atoms with Gasteiger partial charge in [0.1, 0.15) is 0 Å². The summed E-state index contributed by atoms with van der Waals surface area (Å²) in [6.07, 6.45) is 1.07. The first-order chi connectivity index (χ1) is 9.65. The van der Waals surface area contributed by atoms with Gasteiger partial charge in [0.15, 0.2) is 0 Å². The summed E-state index contributed by atoms with van der Waals surface area (Å²) in [5, 5.41) is 3.61. The van der Waals surface area contributed by atoms with Gasteiger partial charge in [0, 0.05) is 8.04 Å². The largest absolute Gasteiger partial charge is 0.306 e. The van der Waals surface area contributed by atoms with E-state index >= 15 is 0 Å². The second-order valence-electron chi connectivity index (χ2n) is 4.76. The van der Waals surface area contributed by atoms with Gasteiger partial charge in [0.2, 0.25) is 0 Å². The number of hydrogen-bond donors (Lipinski definition) is 1. The van der Waals surface area contributed by atoms with E-state index in [4.69, 9.17) is 0 Å².